The zero-order chi connectivity index (χ0) is 16.0. The lowest BCUT2D eigenvalue weighted by atomic mass is 10.0. The highest BCUT2D eigenvalue weighted by molar-refractivity contribution is 5.96. The van der Waals surface area contributed by atoms with Gasteiger partial charge in [-0.2, -0.15) is 0 Å². The van der Waals surface area contributed by atoms with Crippen LogP contribution in [0.2, 0.25) is 0 Å². The van der Waals surface area contributed by atoms with Crippen LogP contribution >= 0.6 is 0 Å². The Balaban J connectivity index is 2.81. The molecule has 1 atom stereocenters. The summed E-state index contributed by atoms with van der Waals surface area (Å²) in [4.78, 5) is 33.7. The van der Waals surface area contributed by atoms with Crippen molar-refractivity contribution >= 4 is 17.6 Å². The monoisotopic (exact) mass is 294 g/mol. The quantitative estimate of drug-likeness (QED) is 0.491. The third-order valence-corrected chi connectivity index (χ3v) is 2.84. The number of nitro benzene ring substituents is 1. The summed E-state index contributed by atoms with van der Waals surface area (Å²) in [6.45, 7) is 3.85. The second-order valence-corrected chi connectivity index (χ2v) is 4.98. The smallest absolute Gasteiger partial charge is 0.328 e. The highest BCUT2D eigenvalue weighted by atomic mass is 16.6. The molecular formula is C14H18N2O5. The van der Waals surface area contributed by atoms with Crippen molar-refractivity contribution < 1.29 is 19.2 Å². The van der Waals surface area contributed by atoms with Crippen molar-refractivity contribution in [3.8, 4) is 0 Å². The molecular weight excluding hydrogens is 276 g/mol. The van der Waals surface area contributed by atoms with Crippen LogP contribution in [-0.2, 0) is 9.53 Å². The van der Waals surface area contributed by atoms with Crippen molar-refractivity contribution in [2.45, 2.75) is 26.3 Å². The number of methoxy groups -OCH3 is 1. The Hall–Kier alpha value is -2.44. The molecule has 0 heterocycles. The standard InChI is InChI=1S/C14H18N2O5/c1-9(2)8-12(14(18)21-3)15-13(17)10-4-6-11(7-5-10)16(19)20/h4-7,9,12H,8H2,1-3H3,(H,15,17)/t12-/m1/s1. The number of esters is 1. The first kappa shape index (κ1) is 16.6. The van der Waals surface area contributed by atoms with E-state index in [-0.39, 0.29) is 17.2 Å². The molecule has 0 saturated heterocycles. The minimum atomic E-state index is -0.738. The molecule has 0 aliphatic heterocycles. The normalized spacial score (nSPS) is 11.8. The van der Waals surface area contributed by atoms with E-state index in [1.54, 1.807) is 0 Å². The number of benzene rings is 1. The molecule has 1 aromatic carbocycles. The first-order valence-corrected chi connectivity index (χ1v) is 6.48. The average molecular weight is 294 g/mol. The molecule has 21 heavy (non-hydrogen) atoms. The number of hydrogen-bond acceptors (Lipinski definition) is 5. The third-order valence-electron chi connectivity index (χ3n) is 2.84. The fourth-order valence-corrected chi connectivity index (χ4v) is 1.80. The molecule has 0 aliphatic rings. The maximum atomic E-state index is 12.0. The summed E-state index contributed by atoms with van der Waals surface area (Å²) in [6.07, 6.45) is 0.450. The van der Waals surface area contributed by atoms with Crippen LogP contribution in [0.3, 0.4) is 0 Å². The molecule has 0 spiro atoms. The van der Waals surface area contributed by atoms with Gasteiger partial charge in [0.2, 0.25) is 0 Å². The Morgan fingerprint density at radius 1 is 1.29 bits per heavy atom. The van der Waals surface area contributed by atoms with Crippen LogP contribution in [0.15, 0.2) is 24.3 Å². The van der Waals surface area contributed by atoms with Crippen molar-refractivity contribution in [3.63, 3.8) is 0 Å². The van der Waals surface area contributed by atoms with Crippen LogP contribution in [0, 0.1) is 16.0 Å². The maximum Gasteiger partial charge on any atom is 0.328 e. The number of carbonyl (C=O) groups is 2. The zero-order valence-electron chi connectivity index (χ0n) is 12.2. The van der Waals surface area contributed by atoms with Gasteiger partial charge in [-0.25, -0.2) is 4.79 Å². The van der Waals surface area contributed by atoms with Gasteiger partial charge in [-0.15, -0.1) is 0 Å². The highest BCUT2D eigenvalue weighted by Crippen LogP contribution is 2.13. The SMILES string of the molecule is COC(=O)[C@@H](CC(C)C)NC(=O)c1ccc([N+](=O)[O-])cc1. The molecule has 7 heteroatoms. The van der Waals surface area contributed by atoms with Gasteiger partial charge in [0.1, 0.15) is 6.04 Å². The largest absolute Gasteiger partial charge is 0.467 e. The lowest BCUT2D eigenvalue weighted by Gasteiger charge is -2.18. The molecule has 0 unspecified atom stereocenters. The molecule has 114 valence electrons. The summed E-state index contributed by atoms with van der Waals surface area (Å²) in [5.74, 6) is -0.786. The van der Waals surface area contributed by atoms with E-state index in [4.69, 9.17) is 0 Å². The molecule has 7 nitrogen and oxygen atoms in total. The Labute approximate surface area is 122 Å². The number of nitrogens with zero attached hydrogens (tertiary/aromatic N) is 1. The summed E-state index contributed by atoms with van der Waals surface area (Å²) in [5, 5.41) is 13.1. The lowest BCUT2D eigenvalue weighted by molar-refractivity contribution is -0.384. The summed E-state index contributed by atoms with van der Waals surface area (Å²) in [5.41, 5.74) is 0.150. The lowest BCUT2D eigenvalue weighted by Crippen LogP contribution is -2.42. The third kappa shape index (κ3) is 4.87. The van der Waals surface area contributed by atoms with Crippen molar-refractivity contribution in [2.24, 2.45) is 5.92 Å². The molecule has 1 amide bonds. The van der Waals surface area contributed by atoms with E-state index in [0.29, 0.717) is 6.42 Å². The number of amides is 1. The van der Waals surface area contributed by atoms with Crippen LogP contribution in [-0.4, -0.2) is 30.0 Å². The Morgan fingerprint density at radius 3 is 2.29 bits per heavy atom. The van der Waals surface area contributed by atoms with Gasteiger partial charge in [-0.3, -0.25) is 14.9 Å². The molecule has 1 N–H and O–H groups in total. The van der Waals surface area contributed by atoms with Gasteiger partial charge in [0.05, 0.1) is 12.0 Å². The molecule has 0 saturated carbocycles. The molecule has 0 aromatic heterocycles. The van der Waals surface area contributed by atoms with E-state index in [1.165, 1.54) is 31.4 Å². The fraction of sp³-hybridized carbons (Fsp3) is 0.429. The highest BCUT2D eigenvalue weighted by Gasteiger charge is 2.23. The molecule has 1 rings (SSSR count). The molecule has 1 aromatic rings. The zero-order valence-corrected chi connectivity index (χ0v) is 12.2. The summed E-state index contributed by atoms with van der Waals surface area (Å²) < 4.78 is 4.66. The van der Waals surface area contributed by atoms with Crippen molar-refractivity contribution in [1.82, 2.24) is 5.32 Å². The summed E-state index contributed by atoms with van der Waals surface area (Å²) >= 11 is 0. The number of rotatable bonds is 6. The number of ether oxygens (including phenoxy) is 1. The van der Waals surface area contributed by atoms with Gasteiger partial charge in [-0.05, 0) is 24.5 Å². The van der Waals surface area contributed by atoms with Crippen LogP contribution in [0.5, 0.6) is 0 Å². The van der Waals surface area contributed by atoms with E-state index in [2.05, 4.69) is 10.1 Å². The van der Waals surface area contributed by atoms with Crippen LogP contribution in [0.4, 0.5) is 5.69 Å². The van der Waals surface area contributed by atoms with E-state index < -0.39 is 22.8 Å². The van der Waals surface area contributed by atoms with E-state index >= 15 is 0 Å². The van der Waals surface area contributed by atoms with Gasteiger partial charge < -0.3 is 10.1 Å². The fourth-order valence-electron chi connectivity index (χ4n) is 1.80. The number of non-ortho nitro benzene ring substituents is 1. The Morgan fingerprint density at radius 2 is 1.86 bits per heavy atom. The second kappa shape index (κ2) is 7.37. The van der Waals surface area contributed by atoms with Crippen LogP contribution in [0.1, 0.15) is 30.6 Å². The van der Waals surface area contributed by atoms with Gasteiger partial charge >= 0.3 is 5.97 Å². The van der Waals surface area contributed by atoms with E-state index in [9.17, 15) is 19.7 Å². The van der Waals surface area contributed by atoms with Crippen LogP contribution in [0.25, 0.3) is 0 Å². The van der Waals surface area contributed by atoms with Gasteiger partial charge in [-0.1, -0.05) is 13.8 Å². The number of nitrogens with one attached hydrogen (secondary N) is 1. The molecule has 0 bridgehead atoms. The maximum absolute atomic E-state index is 12.0. The molecule has 0 fully saturated rings. The molecule has 0 radical (unpaired) electrons. The number of nitro groups is 1. The predicted molar refractivity (Wildman–Crippen MR) is 75.8 cm³/mol. The minimum Gasteiger partial charge on any atom is -0.467 e. The number of hydrogen-bond donors (Lipinski definition) is 1. The molecule has 0 aliphatic carbocycles. The summed E-state index contributed by atoms with van der Waals surface area (Å²) in [6, 6.07) is 4.43. The topological polar surface area (TPSA) is 98.5 Å². The second-order valence-electron chi connectivity index (χ2n) is 4.98. The van der Waals surface area contributed by atoms with Gasteiger partial charge in [0.25, 0.3) is 11.6 Å². The van der Waals surface area contributed by atoms with E-state index in [1.807, 2.05) is 13.8 Å². The predicted octanol–water partition coefficient (Wildman–Crippen LogP) is 1.91. The van der Waals surface area contributed by atoms with E-state index in [0.717, 1.165) is 0 Å². The van der Waals surface area contributed by atoms with Crippen molar-refractivity contribution in [2.75, 3.05) is 7.11 Å². The van der Waals surface area contributed by atoms with Crippen LogP contribution < -0.4 is 5.32 Å². The van der Waals surface area contributed by atoms with Crippen molar-refractivity contribution in [1.29, 1.82) is 0 Å². The first-order chi connectivity index (χ1) is 9.85. The first-order valence-electron chi connectivity index (χ1n) is 6.48. The Kier molecular flexibility index (Phi) is 5.83. The minimum absolute atomic E-state index is 0.0988. The Bertz CT molecular complexity index is 525. The van der Waals surface area contributed by atoms with Gasteiger partial charge in [0.15, 0.2) is 0 Å². The van der Waals surface area contributed by atoms with Crippen molar-refractivity contribution in [3.05, 3.63) is 39.9 Å². The number of carbonyl (C=O) groups excluding carboxylic acids is 2. The average Bonchev–Trinajstić information content (AvgIpc) is 2.45. The summed E-state index contributed by atoms with van der Waals surface area (Å²) in [7, 11) is 1.26. The van der Waals surface area contributed by atoms with Gasteiger partial charge in [0, 0.05) is 17.7 Å².